The average molecular weight is 402 g/mol. The fourth-order valence-corrected chi connectivity index (χ4v) is 2.63. The van der Waals surface area contributed by atoms with E-state index in [9.17, 15) is 9.59 Å². The molecular formula is C21H43N3O4. The van der Waals surface area contributed by atoms with Crippen LogP contribution in [0.15, 0.2) is 0 Å². The molecule has 0 heterocycles. The minimum atomic E-state index is 0.122. The Labute approximate surface area is 171 Å². The van der Waals surface area contributed by atoms with Crippen LogP contribution in [-0.2, 0) is 19.1 Å². The zero-order chi connectivity index (χ0) is 21.0. The van der Waals surface area contributed by atoms with Gasteiger partial charge >= 0.3 is 0 Å². The van der Waals surface area contributed by atoms with Crippen molar-refractivity contribution < 1.29 is 19.1 Å². The standard InChI is InChI=1S/C21H43N3O4/c1-5-9-20(25)22-11-7-15-27-17-13-24(19(3)4)14-18-28-16-8-12-23-21(26)10-6-2/h19H,5-18H2,1-4H3,(H,22,25)(H,23,26). The summed E-state index contributed by atoms with van der Waals surface area (Å²) in [6.45, 7) is 14.2. The molecule has 7 heteroatoms. The Bertz CT molecular complexity index is 360. The fourth-order valence-electron chi connectivity index (χ4n) is 2.63. The normalized spacial score (nSPS) is 11.2. The number of carbonyl (C=O) groups excluding carboxylic acids is 2. The van der Waals surface area contributed by atoms with Gasteiger partial charge in [-0.15, -0.1) is 0 Å². The van der Waals surface area contributed by atoms with Gasteiger partial charge in [0.2, 0.25) is 11.8 Å². The van der Waals surface area contributed by atoms with Crippen molar-refractivity contribution in [2.45, 2.75) is 72.3 Å². The van der Waals surface area contributed by atoms with E-state index >= 15 is 0 Å². The largest absolute Gasteiger partial charge is 0.380 e. The molecular weight excluding hydrogens is 358 g/mol. The van der Waals surface area contributed by atoms with E-state index in [1.54, 1.807) is 0 Å². The van der Waals surface area contributed by atoms with Gasteiger partial charge < -0.3 is 20.1 Å². The molecule has 0 rings (SSSR count). The van der Waals surface area contributed by atoms with Gasteiger partial charge in [0.05, 0.1) is 13.2 Å². The highest BCUT2D eigenvalue weighted by molar-refractivity contribution is 5.76. The maximum Gasteiger partial charge on any atom is 0.219 e. The van der Waals surface area contributed by atoms with Crippen LogP contribution in [0.3, 0.4) is 0 Å². The van der Waals surface area contributed by atoms with Crippen LogP contribution in [-0.4, -0.2) is 75.4 Å². The lowest BCUT2D eigenvalue weighted by atomic mass is 10.3. The number of amides is 2. The second kappa shape index (κ2) is 19.2. The average Bonchev–Trinajstić information content (AvgIpc) is 2.64. The van der Waals surface area contributed by atoms with E-state index in [1.807, 2.05) is 13.8 Å². The maximum absolute atomic E-state index is 11.3. The van der Waals surface area contributed by atoms with Gasteiger partial charge in [-0.1, -0.05) is 13.8 Å². The molecule has 0 aliphatic rings. The molecule has 7 nitrogen and oxygen atoms in total. The highest BCUT2D eigenvalue weighted by Gasteiger charge is 2.09. The molecule has 0 bridgehead atoms. The summed E-state index contributed by atoms with van der Waals surface area (Å²) in [4.78, 5) is 25.0. The third kappa shape index (κ3) is 17.0. The Morgan fingerprint density at radius 3 is 1.57 bits per heavy atom. The topological polar surface area (TPSA) is 79.9 Å². The van der Waals surface area contributed by atoms with Crippen molar-refractivity contribution in [2.75, 3.05) is 52.6 Å². The minimum absolute atomic E-state index is 0.122. The second-order valence-electron chi connectivity index (χ2n) is 7.26. The number of nitrogens with zero attached hydrogens (tertiary/aromatic N) is 1. The Morgan fingerprint density at radius 2 is 1.21 bits per heavy atom. The van der Waals surface area contributed by atoms with Crippen LogP contribution in [0.25, 0.3) is 0 Å². The van der Waals surface area contributed by atoms with Gasteiger partial charge in [-0.25, -0.2) is 0 Å². The monoisotopic (exact) mass is 401 g/mol. The van der Waals surface area contributed by atoms with Crippen LogP contribution in [0.5, 0.6) is 0 Å². The number of carbonyl (C=O) groups is 2. The van der Waals surface area contributed by atoms with E-state index in [2.05, 4.69) is 29.4 Å². The summed E-state index contributed by atoms with van der Waals surface area (Å²) in [7, 11) is 0. The van der Waals surface area contributed by atoms with Gasteiger partial charge in [0.25, 0.3) is 0 Å². The van der Waals surface area contributed by atoms with E-state index in [-0.39, 0.29) is 11.8 Å². The Kier molecular flexibility index (Phi) is 18.3. The van der Waals surface area contributed by atoms with E-state index < -0.39 is 0 Å². The highest BCUT2D eigenvalue weighted by Crippen LogP contribution is 1.98. The van der Waals surface area contributed by atoms with Gasteiger partial charge in [-0.2, -0.15) is 0 Å². The van der Waals surface area contributed by atoms with Crippen molar-refractivity contribution in [2.24, 2.45) is 0 Å². The molecule has 0 fully saturated rings. The minimum Gasteiger partial charge on any atom is -0.380 e. The molecule has 0 aromatic carbocycles. The molecule has 0 aliphatic heterocycles. The number of hydrogen-bond acceptors (Lipinski definition) is 5. The highest BCUT2D eigenvalue weighted by atomic mass is 16.5. The summed E-state index contributed by atoms with van der Waals surface area (Å²) in [5, 5.41) is 5.79. The molecule has 0 saturated carbocycles. The molecule has 0 aromatic rings. The van der Waals surface area contributed by atoms with Crippen LogP contribution >= 0.6 is 0 Å². The second-order valence-corrected chi connectivity index (χ2v) is 7.26. The molecule has 0 atom stereocenters. The predicted molar refractivity (Wildman–Crippen MR) is 113 cm³/mol. The predicted octanol–water partition coefficient (Wildman–Crippen LogP) is 2.34. The Balaban J connectivity index is 3.60. The van der Waals surface area contributed by atoms with Gasteiger partial charge in [0.15, 0.2) is 0 Å². The first-order chi connectivity index (χ1) is 13.5. The first-order valence-electron chi connectivity index (χ1n) is 10.9. The maximum atomic E-state index is 11.3. The third-order valence-corrected chi connectivity index (χ3v) is 4.31. The van der Waals surface area contributed by atoms with Crippen molar-refractivity contribution in [3.63, 3.8) is 0 Å². The quantitative estimate of drug-likeness (QED) is 0.325. The van der Waals surface area contributed by atoms with Gasteiger partial charge in [-0.05, 0) is 39.5 Å². The number of rotatable bonds is 19. The summed E-state index contributed by atoms with van der Waals surface area (Å²) >= 11 is 0. The van der Waals surface area contributed by atoms with Gasteiger partial charge in [-0.3, -0.25) is 14.5 Å². The lowest BCUT2D eigenvalue weighted by molar-refractivity contribution is -0.122. The van der Waals surface area contributed by atoms with Crippen LogP contribution in [0.2, 0.25) is 0 Å². The first kappa shape index (κ1) is 26.8. The zero-order valence-electron chi connectivity index (χ0n) is 18.6. The molecule has 0 aliphatic carbocycles. The van der Waals surface area contributed by atoms with Crippen molar-refractivity contribution in [3.05, 3.63) is 0 Å². The van der Waals surface area contributed by atoms with E-state index in [0.29, 0.717) is 58.4 Å². The molecule has 2 amide bonds. The van der Waals surface area contributed by atoms with Crippen LogP contribution < -0.4 is 10.6 Å². The van der Waals surface area contributed by atoms with Gasteiger partial charge in [0.1, 0.15) is 0 Å². The van der Waals surface area contributed by atoms with Crippen LogP contribution in [0.1, 0.15) is 66.2 Å². The third-order valence-electron chi connectivity index (χ3n) is 4.31. The molecule has 28 heavy (non-hydrogen) atoms. The molecule has 2 N–H and O–H groups in total. The van der Waals surface area contributed by atoms with Gasteiger partial charge in [0, 0.05) is 58.3 Å². The van der Waals surface area contributed by atoms with Crippen molar-refractivity contribution in [1.29, 1.82) is 0 Å². The lowest BCUT2D eigenvalue weighted by Gasteiger charge is -2.26. The molecule has 0 spiro atoms. The van der Waals surface area contributed by atoms with Crippen LogP contribution in [0.4, 0.5) is 0 Å². The van der Waals surface area contributed by atoms with Crippen molar-refractivity contribution in [1.82, 2.24) is 15.5 Å². The van der Waals surface area contributed by atoms with E-state index in [0.717, 1.165) is 38.8 Å². The molecule has 0 saturated heterocycles. The summed E-state index contributed by atoms with van der Waals surface area (Å²) in [6.07, 6.45) is 4.64. The number of hydrogen-bond donors (Lipinski definition) is 2. The molecule has 166 valence electrons. The Hall–Kier alpha value is -1.18. The molecule has 0 aromatic heterocycles. The lowest BCUT2D eigenvalue weighted by Crippen LogP contribution is -2.37. The summed E-state index contributed by atoms with van der Waals surface area (Å²) < 4.78 is 11.4. The van der Waals surface area contributed by atoms with Crippen molar-refractivity contribution >= 4 is 11.8 Å². The van der Waals surface area contributed by atoms with Crippen LogP contribution in [0, 0.1) is 0 Å². The van der Waals surface area contributed by atoms with E-state index in [1.165, 1.54) is 0 Å². The Morgan fingerprint density at radius 1 is 0.786 bits per heavy atom. The molecule has 0 unspecified atom stereocenters. The smallest absolute Gasteiger partial charge is 0.219 e. The zero-order valence-corrected chi connectivity index (χ0v) is 18.6. The first-order valence-corrected chi connectivity index (χ1v) is 10.9. The summed E-state index contributed by atoms with van der Waals surface area (Å²) in [5.74, 6) is 0.244. The fraction of sp³-hybridized carbons (Fsp3) is 0.905. The molecule has 0 radical (unpaired) electrons. The number of ether oxygens (including phenoxy) is 2. The van der Waals surface area contributed by atoms with Crippen molar-refractivity contribution in [3.8, 4) is 0 Å². The summed E-state index contributed by atoms with van der Waals surface area (Å²) in [5.41, 5.74) is 0. The SMILES string of the molecule is CCCC(=O)NCCCOCCN(CCOCCCNC(=O)CCC)C(C)C. The van der Waals surface area contributed by atoms with E-state index in [4.69, 9.17) is 9.47 Å². The summed E-state index contributed by atoms with van der Waals surface area (Å²) in [6, 6.07) is 0.439. The number of nitrogens with one attached hydrogen (secondary N) is 2.